The van der Waals surface area contributed by atoms with Gasteiger partial charge in [-0.3, -0.25) is 9.69 Å². The van der Waals surface area contributed by atoms with Crippen molar-refractivity contribution in [2.75, 3.05) is 26.2 Å². The topological polar surface area (TPSA) is 45.1 Å². The number of amides is 1. The number of ether oxygens (including phenoxy) is 1. The molecule has 1 fully saturated rings. The average Bonchev–Trinajstić information content (AvgIpc) is 3.38. The third-order valence-corrected chi connectivity index (χ3v) is 8.02. The molecular formula is C33H39N3O2. The molecular weight excluding hydrogens is 470 g/mol. The van der Waals surface area contributed by atoms with E-state index in [0.717, 1.165) is 54.9 Å². The number of hydrogen-bond donors (Lipinski definition) is 0. The molecule has 3 aromatic carbocycles. The van der Waals surface area contributed by atoms with Crippen LogP contribution in [0.2, 0.25) is 0 Å². The second-order valence-corrected chi connectivity index (χ2v) is 10.7. The summed E-state index contributed by atoms with van der Waals surface area (Å²) in [6.07, 6.45) is 4.09. The van der Waals surface area contributed by atoms with Gasteiger partial charge in [0.05, 0.1) is 24.9 Å². The van der Waals surface area contributed by atoms with Gasteiger partial charge in [-0.1, -0.05) is 54.6 Å². The maximum absolute atomic E-state index is 13.7. The molecule has 5 rings (SSSR count). The van der Waals surface area contributed by atoms with Crippen LogP contribution in [-0.2, 0) is 11.2 Å². The van der Waals surface area contributed by atoms with Crippen molar-refractivity contribution in [1.82, 2.24) is 9.91 Å². The van der Waals surface area contributed by atoms with E-state index in [0.29, 0.717) is 25.5 Å². The Morgan fingerprint density at radius 3 is 2.37 bits per heavy atom. The molecule has 38 heavy (non-hydrogen) atoms. The summed E-state index contributed by atoms with van der Waals surface area (Å²) < 4.78 is 5.64. The number of nitrogens with zero attached hydrogens (tertiary/aromatic N) is 3. The van der Waals surface area contributed by atoms with E-state index in [1.165, 1.54) is 16.7 Å². The molecule has 2 aliphatic heterocycles. The molecule has 1 saturated heterocycles. The highest BCUT2D eigenvalue weighted by Crippen LogP contribution is 2.34. The van der Waals surface area contributed by atoms with Crippen LogP contribution in [0.3, 0.4) is 0 Å². The number of hydrazone groups is 1. The van der Waals surface area contributed by atoms with Crippen LogP contribution in [0.4, 0.5) is 0 Å². The first-order valence-corrected chi connectivity index (χ1v) is 14.0. The summed E-state index contributed by atoms with van der Waals surface area (Å²) >= 11 is 0. The fourth-order valence-electron chi connectivity index (χ4n) is 5.61. The van der Waals surface area contributed by atoms with Gasteiger partial charge in [0.1, 0.15) is 5.75 Å². The van der Waals surface area contributed by atoms with E-state index in [1.54, 1.807) is 5.01 Å². The van der Waals surface area contributed by atoms with Gasteiger partial charge < -0.3 is 4.74 Å². The molecule has 0 spiro atoms. The van der Waals surface area contributed by atoms with E-state index in [4.69, 9.17) is 9.84 Å². The second-order valence-electron chi connectivity index (χ2n) is 10.7. The van der Waals surface area contributed by atoms with Crippen LogP contribution in [0.1, 0.15) is 60.0 Å². The lowest BCUT2D eigenvalue weighted by atomic mass is 9.90. The van der Waals surface area contributed by atoms with E-state index in [9.17, 15) is 4.79 Å². The number of aryl methyl sites for hydroxylation is 2. The van der Waals surface area contributed by atoms with Gasteiger partial charge in [-0.05, 0) is 105 Å². The number of carbonyl (C=O) groups excluding carboxylic acids is 1. The monoisotopic (exact) mass is 509 g/mol. The average molecular weight is 510 g/mol. The van der Waals surface area contributed by atoms with Gasteiger partial charge in [-0.25, -0.2) is 5.01 Å². The lowest BCUT2D eigenvalue weighted by molar-refractivity contribution is -0.134. The van der Waals surface area contributed by atoms with Crippen LogP contribution in [-0.4, -0.2) is 47.8 Å². The van der Waals surface area contributed by atoms with Gasteiger partial charge in [0, 0.05) is 6.42 Å². The summed E-state index contributed by atoms with van der Waals surface area (Å²) in [5.74, 6) is 1.60. The van der Waals surface area contributed by atoms with E-state index in [-0.39, 0.29) is 11.9 Å². The van der Waals surface area contributed by atoms with Crippen molar-refractivity contribution in [2.24, 2.45) is 11.0 Å². The van der Waals surface area contributed by atoms with Crippen molar-refractivity contribution in [3.05, 3.63) is 101 Å². The van der Waals surface area contributed by atoms with Crippen molar-refractivity contribution in [2.45, 2.75) is 52.5 Å². The fourth-order valence-corrected chi connectivity index (χ4v) is 5.61. The van der Waals surface area contributed by atoms with Gasteiger partial charge >= 0.3 is 0 Å². The lowest BCUT2D eigenvalue weighted by Gasteiger charge is -2.33. The van der Waals surface area contributed by atoms with E-state index < -0.39 is 0 Å². The molecule has 1 unspecified atom stereocenters. The molecule has 0 saturated carbocycles. The Morgan fingerprint density at radius 2 is 1.68 bits per heavy atom. The number of hydrogen-bond acceptors (Lipinski definition) is 4. The summed E-state index contributed by atoms with van der Waals surface area (Å²) in [5.41, 5.74) is 7.07. The largest absolute Gasteiger partial charge is 0.494 e. The Balaban J connectivity index is 1.29. The molecule has 1 atom stereocenters. The Kier molecular flexibility index (Phi) is 8.23. The predicted octanol–water partition coefficient (Wildman–Crippen LogP) is 6.33. The Labute approximate surface area is 227 Å². The molecule has 0 radical (unpaired) electrons. The van der Waals surface area contributed by atoms with Crippen LogP contribution in [0, 0.1) is 19.8 Å². The van der Waals surface area contributed by atoms with Crippen molar-refractivity contribution in [3.63, 3.8) is 0 Å². The molecule has 0 aromatic heterocycles. The SMILES string of the molecule is CCOc1ccc(C2CC(c3ccc(C)c(C)c3)=NN2C(=O)CN2CCC(Cc3ccccc3)CC2)cc1. The van der Waals surface area contributed by atoms with Crippen LogP contribution < -0.4 is 4.74 Å². The van der Waals surface area contributed by atoms with Gasteiger partial charge in [0.15, 0.2) is 0 Å². The van der Waals surface area contributed by atoms with E-state index >= 15 is 0 Å². The highest BCUT2D eigenvalue weighted by Gasteiger charge is 2.34. The number of benzene rings is 3. The molecule has 0 aliphatic carbocycles. The molecule has 5 heteroatoms. The molecule has 2 aliphatic rings. The summed E-state index contributed by atoms with van der Waals surface area (Å²) in [4.78, 5) is 16.0. The number of rotatable bonds is 8. The normalized spacial score (nSPS) is 18.4. The minimum atomic E-state index is -0.106. The van der Waals surface area contributed by atoms with Crippen molar-refractivity contribution < 1.29 is 9.53 Å². The maximum atomic E-state index is 13.7. The van der Waals surface area contributed by atoms with Crippen molar-refractivity contribution in [1.29, 1.82) is 0 Å². The number of carbonyl (C=O) groups is 1. The Bertz CT molecular complexity index is 1260. The van der Waals surface area contributed by atoms with Crippen molar-refractivity contribution >= 4 is 11.6 Å². The quantitative estimate of drug-likeness (QED) is 0.356. The minimum Gasteiger partial charge on any atom is -0.494 e. The van der Waals surface area contributed by atoms with Crippen LogP contribution in [0.25, 0.3) is 0 Å². The summed E-state index contributed by atoms with van der Waals surface area (Å²) in [6.45, 7) is 9.20. The molecule has 2 heterocycles. The standard InChI is InChI=1S/C33H39N3O2/c1-4-38-30-14-12-28(13-15-30)32-22-31(29-11-10-24(2)25(3)20-29)34-36(32)33(37)23-35-18-16-27(17-19-35)21-26-8-6-5-7-9-26/h5-15,20,27,32H,4,16-19,21-23H2,1-3H3. The minimum absolute atomic E-state index is 0.0734. The molecule has 0 bridgehead atoms. The van der Waals surface area contributed by atoms with E-state index in [2.05, 4.69) is 79.4 Å². The van der Waals surface area contributed by atoms with Gasteiger partial charge in [0.2, 0.25) is 0 Å². The number of likely N-dealkylation sites (tertiary alicyclic amines) is 1. The van der Waals surface area contributed by atoms with Crippen LogP contribution in [0.5, 0.6) is 5.75 Å². The summed E-state index contributed by atoms with van der Waals surface area (Å²) in [7, 11) is 0. The molecule has 1 amide bonds. The smallest absolute Gasteiger partial charge is 0.257 e. The predicted molar refractivity (Wildman–Crippen MR) is 154 cm³/mol. The van der Waals surface area contributed by atoms with Crippen LogP contribution >= 0.6 is 0 Å². The van der Waals surface area contributed by atoms with Gasteiger partial charge in [0.25, 0.3) is 5.91 Å². The zero-order chi connectivity index (χ0) is 26.5. The molecule has 198 valence electrons. The lowest BCUT2D eigenvalue weighted by Crippen LogP contribution is -2.42. The first-order valence-electron chi connectivity index (χ1n) is 14.0. The first kappa shape index (κ1) is 26.2. The highest BCUT2D eigenvalue weighted by molar-refractivity contribution is 6.03. The fraction of sp³-hybridized carbons (Fsp3) is 0.394. The van der Waals surface area contributed by atoms with Gasteiger partial charge in [-0.15, -0.1) is 0 Å². The maximum Gasteiger partial charge on any atom is 0.257 e. The van der Waals surface area contributed by atoms with Crippen molar-refractivity contribution in [3.8, 4) is 5.75 Å². The molecule has 5 nitrogen and oxygen atoms in total. The first-order chi connectivity index (χ1) is 18.5. The second kappa shape index (κ2) is 12.0. The number of piperidine rings is 1. The zero-order valence-corrected chi connectivity index (χ0v) is 22.9. The van der Waals surface area contributed by atoms with Gasteiger partial charge in [-0.2, -0.15) is 5.10 Å². The molecule has 0 N–H and O–H groups in total. The Morgan fingerprint density at radius 1 is 0.947 bits per heavy atom. The molecule has 3 aromatic rings. The highest BCUT2D eigenvalue weighted by atomic mass is 16.5. The van der Waals surface area contributed by atoms with Crippen LogP contribution in [0.15, 0.2) is 77.9 Å². The third-order valence-electron chi connectivity index (χ3n) is 8.02. The zero-order valence-electron chi connectivity index (χ0n) is 22.9. The summed E-state index contributed by atoms with van der Waals surface area (Å²) in [6, 6.07) is 25.2. The summed E-state index contributed by atoms with van der Waals surface area (Å²) in [5, 5.41) is 6.67. The van der Waals surface area contributed by atoms with E-state index in [1.807, 2.05) is 19.1 Å². The third kappa shape index (κ3) is 6.16. The Hall–Kier alpha value is -3.44.